The second kappa shape index (κ2) is 8.02. The molecule has 0 bridgehead atoms. The fraction of sp³-hybridized carbons (Fsp3) is 0.125. The van der Waals surface area contributed by atoms with Crippen LogP contribution in [-0.4, -0.2) is 35.8 Å². The van der Waals surface area contributed by atoms with Gasteiger partial charge in [-0.1, -0.05) is 12.1 Å². The third-order valence-electron chi connectivity index (χ3n) is 3.03. The van der Waals surface area contributed by atoms with Crippen molar-refractivity contribution in [1.29, 1.82) is 0 Å². The SMILES string of the molecule is COc1ccccc1NC(=S)N/N=C/c1cc(O)c(O)c(OC)c1. The second-order valence-electron chi connectivity index (χ2n) is 4.62. The van der Waals surface area contributed by atoms with Crippen LogP contribution in [0.4, 0.5) is 5.69 Å². The molecule has 2 aromatic rings. The van der Waals surface area contributed by atoms with Crippen LogP contribution in [0.15, 0.2) is 41.5 Å². The molecule has 0 unspecified atom stereocenters. The normalized spacial score (nSPS) is 10.4. The van der Waals surface area contributed by atoms with Gasteiger partial charge in [0, 0.05) is 5.56 Å². The summed E-state index contributed by atoms with van der Waals surface area (Å²) < 4.78 is 10.2. The molecule has 7 nitrogen and oxygen atoms in total. The van der Waals surface area contributed by atoms with Gasteiger partial charge < -0.3 is 25.0 Å². The van der Waals surface area contributed by atoms with E-state index in [0.29, 0.717) is 17.0 Å². The lowest BCUT2D eigenvalue weighted by Crippen LogP contribution is -2.24. The molecule has 8 heteroatoms. The number of anilines is 1. The number of ether oxygens (including phenoxy) is 2. The molecular formula is C16H17N3O4S. The Morgan fingerprint density at radius 1 is 1.12 bits per heavy atom. The number of rotatable bonds is 5. The van der Waals surface area contributed by atoms with E-state index in [2.05, 4.69) is 15.8 Å². The highest BCUT2D eigenvalue weighted by atomic mass is 32.1. The first-order valence-corrected chi connectivity index (χ1v) is 7.29. The zero-order valence-corrected chi connectivity index (χ0v) is 13.9. The first-order chi connectivity index (χ1) is 11.5. The zero-order chi connectivity index (χ0) is 17.5. The van der Waals surface area contributed by atoms with Crippen molar-refractivity contribution in [3.8, 4) is 23.0 Å². The maximum absolute atomic E-state index is 9.61. The minimum atomic E-state index is -0.323. The lowest BCUT2D eigenvalue weighted by atomic mass is 10.2. The Balaban J connectivity index is 2.01. The first kappa shape index (κ1) is 17.4. The van der Waals surface area contributed by atoms with E-state index < -0.39 is 0 Å². The molecular weight excluding hydrogens is 330 g/mol. The highest BCUT2D eigenvalue weighted by molar-refractivity contribution is 7.80. The molecule has 0 heterocycles. The third kappa shape index (κ3) is 4.26. The van der Waals surface area contributed by atoms with Gasteiger partial charge in [0.25, 0.3) is 0 Å². The topological polar surface area (TPSA) is 95.3 Å². The van der Waals surface area contributed by atoms with E-state index in [1.807, 2.05) is 18.2 Å². The van der Waals surface area contributed by atoms with E-state index in [1.54, 1.807) is 13.2 Å². The number of hydrazone groups is 1. The van der Waals surface area contributed by atoms with Crippen molar-refractivity contribution in [3.63, 3.8) is 0 Å². The highest BCUT2D eigenvalue weighted by Crippen LogP contribution is 2.35. The van der Waals surface area contributed by atoms with Crippen molar-refractivity contribution < 1.29 is 19.7 Å². The number of phenolic OH excluding ortho intramolecular Hbond substituents is 2. The average Bonchev–Trinajstić information content (AvgIpc) is 2.58. The van der Waals surface area contributed by atoms with Crippen LogP contribution in [0.5, 0.6) is 23.0 Å². The molecule has 0 radical (unpaired) electrons. The highest BCUT2D eigenvalue weighted by Gasteiger charge is 2.08. The summed E-state index contributed by atoms with van der Waals surface area (Å²) in [6.07, 6.45) is 1.43. The maximum atomic E-state index is 9.61. The minimum Gasteiger partial charge on any atom is -0.504 e. The van der Waals surface area contributed by atoms with Crippen molar-refractivity contribution in [2.75, 3.05) is 19.5 Å². The fourth-order valence-corrected chi connectivity index (χ4v) is 2.07. The molecule has 24 heavy (non-hydrogen) atoms. The molecule has 0 atom stereocenters. The van der Waals surface area contributed by atoms with Crippen LogP contribution in [0.25, 0.3) is 0 Å². The van der Waals surface area contributed by atoms with Gasteiger partial charge in [0.15, 0.2) is 16.6 Å². The van der Waals surface area contributed by atoms with Gasteiger partial charge in [-0.05, 0) is 36.5 Å². The van der Waals surface area contributed by atoms with Crippen molar-refractivity contribution in [2.45, 2.75) is 0 Å². The quantitative estimate of drug-likeness (QED) is 0.286. The van der Waals surface area contributed by atoms with Crippen LogP contribution in [0, 0.1) is 0 Å². The maximum Gasteiger partial charge on any atom is 0.200 e. The molecule has 0 saturated carbocycles. The number of para-hydroxylation sites is 2. The van der Waals surface area contributed by atoms with Crippen LogP contribution in [-0.2, 0) is 0 Å². The summed E-state index contributed by atoms with van der Waals surface area (Å²) in [6.45, 7) is 0. The number of hydrogen-bond acceptors (Lipinski definition) is 6. The predicted octanol–water partition coefficient (Wildman–Crippen LogP) is 2.44. The summed E-state index contributed by atoms with van der Waals surface area (Å²) in [4.78, 5) is 0. The third-order valence-corrected chi connectivity index (χ3v) is 3.23. The summed E-state index contributed by atoms with van der Waals surface area (Å²) in [7, 11) is 2.96. The molecule has 0 fully saturated rings. The lowest BCUT2D eigenvalue weighted by molar-refractivity contribution is 0.351. The number of nitrogens with zero attached hydrogens (tertiary/aromatic N) is 1. The molecule has 0 amide bonds. The smallest absolute Gasteiger partial charge is 0.200 e. The molecule has 0 aliphatic rings. The van der Waals surface area contributed by atoms with Crippen molar-refractivity contribution in [2.24, 2.45) is 5.10 Å². The molecule has 126 valence electrons. The summed E-state index contributed by atoms with van der Waals surface area (Å²) >= 11 is 5.15. The molecule has 0 aromatic heterocycles. The van der Waals surface area contributed by atoms with Gasteiger partial charge in [-0.2, -0.15) is 5.10 Å². The number of phenols is 2. The number of hydrogen-bond donors (Lipinski definition) is 4. The number of nitrogens with one attached hydrogen (secondary N) is 2. The minimum absolute atomic E-state index is 0.145. The Morgan fingerprint density at radius 3 is 2.54 bits per heavy atom. The van der Waals surface area contributed by atoms with Crippen LogP contribution < -0.4 is 20.2 Å². The largest absolute Gasteiger partial charge is 0.504 e. The molecule has 2 rings (SSSR count). The van der Waals surface area contributed by atoms with Crippen molar-refractivity contribution >= 4 is 29.2 Å². The average molecular weight is 347 g/mol. The Morgan fingerprint density at radius 2 is 1.83 bits per heavy atom. The zero-order valence-electron chi connectivity index (χ0n) is 13.1. The number of aromatic hydroxyl groups is 2. The molecule has 0 aliphatic carbocycles. The van der Waals surface area contributed by atoms with E-state index >= 15 is 0 Å². The van der Waals surface area contributed by atoms with E-state index in [1.165, 1.54) is 25.5 Å². The predicted molar refractivity (Wildman–Crippen MR) is 96.3 cm³/mol. The van der Waals surface area contributed by atoms with Gasteiger partial charge in [-0.3, -0.25) is 5.43 Å². The molecule has 0 saturated heterocycles. The Labute approximate surface area is 144 Å². The molecule has 4 N–H and O–H groups in total. The number of thiocarbonyl (C=S) groups is 1. The van der Waals surface area contributed by atoms with Gasteiger partial charge in [0.05, 0.1) is 26.1 Å². The van der Waals surface area contributed by atoms with Crippen molar-refractivity contribution in [1.82, 2.24) is 5.43 Å². The number of methoxy groups -OCH3 is 2. The lowest BCUT2D eigenvalue weighted by Gasteiger charge is -2.11. The van der Waals surface area contributed by atoms with Gasteiger partial charge >= 0.3 is 0 Å². The van der Waals surface area contributed by atoms with Crippen LogP contribution in [0.1, 0.15) is 5.56 Å². The van der Waals surface area contributed by atoms with E-state index in [4.69, 9.17) is 21.7 Å². The van der Waals surface area contributed by atoms with Crippen LogP contribution >= 0.6 is 12.2 Å². The second-order valence-corrected chi connectivity index (χ2v) is 5.02. The summed E-state index contributed by atoms with van der Waals surface area (Å²) in [5.74, 6) is 0.173. The summed E-state index contributed by atoms with van der Waals surface area (Å²) in [5, 5.41) is 26.4. The fourth-order valence-electron chi connectivity index (χ4n) is 1.91. The van der Waals surface area contributed by atoms with Gasteiger partial charge in [-0.15, -0.1) is 0 Å². The van der Waals surface area contributed by atoms with Crippen LogP contribution in [0.3, 0.4) is 0 Å². The standard InChI is InChI=1S/C16H17N3O4S/c1-22-13-6-4-3-5-11(13)18-16(24)19-17-9-10-7-12(20)15(21)14(8-10)23-2/h3-9,20-21H,1-2H3,(H2,18,19,24)/b17-9+. The van der Waals surface area contributed by atoms with Gasteiger partial charge in [0.2, 0.25) is 5.75 Å². The van der Waals surface area contributed by atoms with Crippen LogP contribution in [0.2, 0.25) is 0 Å². The number of benzene rings is 2. The summed E-state index contributed by atoms with van der Waals surface area (Å²) in [6, 6.07) is 10.2. The van der Waals surface area contributed by atoms with Gasteiger partial charge in [0.1, 0.15) is 5.75 Å². The monoisotopic (exact) mass is 347 g/mol. The van der Waals surface area contributed by atoms with E-state index in [-0.39, 0.29) is 22.4 Å². The Bertz CT molecular complexity index is 765. The Kier molecular flexibility index (Phi) is 5.80. The molecule has 2 aromatic carbocycles. The molecule has 0 aliphatic heterocycles. The summed E-state index contributed by atoms with van der Waals surface area (Å²) in [5.41, 5.74) is 3.88. The first-order valence-electron chi connectivity index (χ1n) is 6.88. The van der Waals surface area contributed by atoms with E-state index in [9.17, 15) is 10.2 Å². The Hall–Kier alpha value is -3.00. The van der Waals surface area contributed by atoms with Gasteiger partial charge in [-0.25, -0.2) is 0 Å². The van der Waals surface area contributed by atoms with E-state index in [0.717, 1.165) is 0 Å². The molecule has 0 spiro atoms. The van der Waals surface area contributed by atoms with Crippen molar-refractivity contribution in [3.05, 3.63) is 42.0 Å².